The zero-order valence-corrected chi connectivity index (χ0v) is 21.3. The Balaban J connectivity index is 0.000000216. The van der Waals surface area contributed by atoms with Gasteiger partial charge in [0.2, 0.25) is 0 Å². The fraction of sp³-hybridized carbons (Fsp3) is 0.357. The van der Waals surface area contributed by atoms with Crippen molar-refractivity contribution in [1.82, 2.24) is 9.80 Å². The lowest BCUT2D eigenvalue weighted by Gasteiger charge is -2.13. The first-order valence-electron chi connectivity index (χ1n) is 12.7. The molecule has 0 unspecified atom stereocenters. The maximum atomic E-state index is 12.0. The predicted octanol–water partition coefficient (Wildman–Crippen LogP) is 3.79. The predicted molar refractivity (Wildman–Crippen MR) is 137 cm³/mol. The lowest BCUT2D eigenvalue weighted by atomic mass is 10.1. The minimum absolute atomic E-state index is 0.124. The Labute approximate surface area is 224 Å². The molecular weight excluding hydrogens is 508 g/mol. The van der Waals surface area contributed by atoms with Gasteiger partial charge in [0.1, 0.15) is 0 Å². The van der Waals surface area contributed by atoms with Crippen LogP contribution in [0, 0.1) is 0 Å². The molecule has 0 atom stereocenters. The SMILES string of the molecule is O=C(CCCCCN1C(=O)c2ccccc2C1=O)OO.O=C(O)CCCCCN1C(=O)c2ccccc2C1=O. The highest BCUT2D eigenvalue weighted by molar-refractivity contribution is 6.22. The Hall–Kier alpha value is -4.38. The van der Waals surface area contributed by atoms with E-state index in [0.717, 1.165) is 0 Å². The molecule has 0 radical (unpaired) electrons. The molecule has 4 rings (SSSR count). The van der Waals surface area contributed by atoms with E-state index in [9.17, 15) is 28.8 Å². The van der Waals surface area contributed by atoms with Crippen molar-refractivity contribution in [3.63, 3.8) is 0 Å². The highest BCUT2D eigenvalue weighted by Crippen LogP contribution is 2.24. The molecule has 39 heavy (non-hydrogen) atoms. The quantitative estimate of drug-likeness (QED) is 0.177. The summed E-state index contributed by atoms with van der Waals surface area (Å²) in [7, 11) is 0. The maximum absolute atomic E-state index is 12.0. The summed E-state index contributed by atoms with van der Waals surface area (Å²) in [5.74, 6) is -2.52. The monoisotopic (exact) mass is 538 g/mol. The molecule has 0 aliphatic carbocycles. The van der Waals surface area contributed by atoms with E-state index in [0.29, 0.717) is 73.9 Å². The molecule has 4 amide bonds. The van der Waals surface area contributed by atoms with Gasteiger partial charge in [-0.3, -0.25) is 33.8 Å². The van der Waals surface area contributed by atoms with Gasteiger partial charge in [0, 0.05) is 25.9 Å². The lowest BCUT2D eigenvalue weighted by Crippen LogP contribution is -2.30. The summed E-state index contributed by atoms with van der Waals surface area (Å²) < 4.78 is 0. The molecular formula is C28H30N2O9. The Morgan fingerprint density at radius 1 is 0.590 bits per heavy atom. The van der Waals surface area contributed by atoms with E-state index < -0.39 is 11.9 Å². The number of carboxylic acids is 1. The average Bonchev–Trinajstić information content (AvgIpc) is 3.33. The number of carboxylic acid groups (broad SMARTS) is 1. The first-order valence-corrected chi connectivity index (χ1v) is 12.7. The van der Waals surface area contributed by atoms with Gasteiger partial charge in [0.15, 0.2) is 0 Å². The summed E-state index contributed by atoms with van der Waals surface area (Å²) in [6.45, 7) is 0.687. The van der Waals surface area contributed by atoms with Crippen LogP contribution in [-0.4, -0.2) is 68.8 Å². The minimum atomic E-state index is -0.819. The molecule has 11 heteroatoms. The van der Waals surface area contributed by atoms with E-state index in [1.807, 2.05) is 0 Å². The van der Waals surface area contributed by atoms with Crippen molar-refractivity contribution in [1.29, 1.82) is 0 Å². The van der Waals surface area contributed by atoms with E-state index in [2.05, 4.69) is 4.89 Å². The third kappa shape index (κ3) is 7.35. The topological polar surface area (TPSA) is 159 Å². The molecule has 0 saturated carbocycles. The van der Waals surface area contributed by atoms with Crippen LogP contribution in [0.4, 0.5) is 0 Å². The van der Waals surface area contributed by atoms with Gasteiger partial charge in [-0.15, -0.1) is 0 Å². The third-order valence-electron chi connectivity index (χ3n) is 6.39. The number of fused-ring (bicyclic) bond motifs is 2. The second-order valence-electron chi connectivity index (χ2n) is 9.09. The van der Waals surface area contributed by atoms with Crippen LogP contribution in [-0.2, 0) is 14.5 Å². The van der Waals surface area contributed by atoms with Crippen molar-refractivity contribution in [3.8, 4) is 0 Å². The van der Waals surface area contributed by atoms with Crippen molar-refractivity contribution >= 4 is 35.6 Å². The molecule has 0 saturated heterocycles. The molecule has 2 aromatic rings. The second kappa shape index (κ2) is 14.0. The van der Waals surface area contributed by atoms with Crippen molar-refractivity contribution in [3.05, 3.63) is 70.8 Å². The molecule has 2 aromatic carbocycles. The van der Waals surface area contributed by atoms with Crippen molar-refractivity contribution in [2.24, 2.45) is 0 Å². The molecule has 0 spiro atoms. The van der Waals surface area contributed by atoms with Crippen molar-refractivity contribution in [2.45, 2.75) is 51.4 Å². The normalized spacial score (nSPS) is 13.7. The van der Waals surface area contributed by atoms with Crippen LogP contribution < -0.4 is 0 Å². The first-order chi connectivity index (χ1) is 18.8. The van der Waals surface area contributed by atoms with E-state index >= 15 is 0 Å². The summed E-state index contributed by atoms with van der Waals surface area (Å²) in [5, 5.41) is 16.6. The molecule has 206 valence electrons. The standard InChI is InChI=1S/C14H15NO5.C14H15NO4/c16-12(20-19)8-2-1-5-9-15-13(17)10-6-3-4-7-11(10)14(15)18;16-12(17)8-2-1-5-9-15-13(18)10-6-3-4-7-11(10)14(15)19/h3-4,6-7,19H,1-2,5,8-9H2;3-4,6-7H,1-2,5,8-9H2,(H,16,17). The van der Waals surface area contributed by atoms with Crippen LogP contribution in [0.25, 0.3) is 0 Å². The van der Waals surface area contributed by atoms with Gasteiger partial charge in [0.25, 0.3) is 23.6 Å². The number of imide groups is 2. The molecule has 0 bridgehead atoms. The molecule has 11 nitrogen and oxygen atoms in total. The van der Waals surface area contributed by atoms with Gasteiger partial charge < -0.3 is 9.99 Å². The zero-order chi connectivity index (χ0) is 28.4. The van der Waals surface area contributed by atoms with Crippen molar-refractivity contribution in [2.75, 3.05) is 13.1 Å². The fourth-order valence-electron chi connectivity index (χ4n) is 4.37. The molecule has 0 aromatic heterocycles. The van der Waals surface area contributed by atoms with Gasteiger partial charge in [-0.05, 0) is 49.9 Å². The number of benzene rings is 2. The summed E-state index contributed by atoms with van der Waals surface area (Å²) in [6.07, 6.45) is 3.98. The number of amides is 4. The number of carbonyl (C=O) groups is 6. The Kier molecular flexibility index (Phi) is 10.4. The maximum Gasteiger partial charge on any atom is 0.342 e. The number of rotatable bonds is 12. The van der Waals surface area contributed by atoms with E-state index in [-0.39, 0.29) is 36.5 Å². The fourth-order valence-corrected chi connectivity index (χ4v) is 4.37. The lowest BCUT2D eigenvalue weighted by molar-refractivity contribution is -0.234. The number of unbranched alkanes of at least 4 members (excludes halogenated alkanes) is 4. The summed E-state index contributed by atoms with van der Waals surface area (Å²) in [6, 6.07) is 13.5. The van der Waals surface area contributed by atoms with E-state index in [1.165, 1.54) is 9.80 Å². The zero-order valence-electron chi connectivity index (χ0n) is 21.3. The van der Waals surface area contributed by atoms with Crippen molar-refractivity contribution < 1.29 is 44.0 Å². The van der Waals surface area contributed by atoms with Gasteiger partial charge in [-0.25, -0.2) is 4.79 Å². The highest BCUT2D eigenvalue weighted by Gasteiger charge is 2.35. The van der Waals surface area contributed by atoms with Crippen LogP contribution in [0.1, 0.15) is 92.8 Å². The summed E-state index contributed by atoms with van der Waals surface area (Å²) in [5.41, 5.74) is 1.80. The largest absolute Gasteiger partial charge is 0.481 e. The number of hydrogen-bond donors (Lipinski definition) is 2. The minimum Gasteiger partial charge on any atom is -0.481 e. The molecule has 2 N–H and O–H groups in total. The van der Waals surface area contributed by atoms with Crippen LogP contribution in [0.3, 0.4) is 0 Å². The van der Waals surface area contributed by atoms with Crippen LogP contribution in [0.2, 0.25) is 0 Å². The van der Waals surface area contributed by atoms with Crippen LogP contribution >= 0.6 is 0 Å². The van der Waals surface area contributed by atoms with Gasteiger partial charge in [0.05, 0.1) is 22.3 Å². The second-order valence-corrected chi connectivity index (χ2v) is 9.09. The van der Waals surface area contributed by atoms with E-state index in [1.54, 1.807) is 48.5 Å². The number of hydrogen-bond acceptors (Lipinski definition) is 8. The summed E-state index contributed by atoms with van der Waals surface area (Å²) in [4.78, 5) is 75.1. The molecule has 2 heterocycles. The van der Waals surface area contributed by atoms with Gasteiger partial charge in [-0.1, -0.05) is 37.1 Å². The third-order valence-corrected chi connectivity index (χ3v) is 6.39. The Morgan fingerprint density at radius 2 is 0.949 bits per heavy atom. The number of carbonyl (C=O) groups excluding carboxylic acids is 5. The van der Waals surface area contributed by atoms with Gasteiger partial charge in [-0.2, -0.15) is 5.26 Å². The summed E-state index contributed by atoms with van der Waals surface area (Å²) >= 11 is 0. The number of nitrogens with zero attached hydrogens (tertiary/aromatic N) is 2. The molecule has 0 fully saturated rings. The van der Waals surface area contributed by atoms with E-state index in [4.69, 9.17) is 10.4 Å². The average molecular weight is 539 g/mol. The first kappa shape index (κ1) is 29.2. The smallest absolute Gasteiger partial charge is 0.342 e. The van der Waals surface area contributed by atoms with Crippen LogP contribution in [0.15, 0.2) is 48.5 Å². The number of aliphatic carboxylic acids is 1. The highest BCUT2D eigenvalue weighted by atomic mass is 17.1. The van der Waals surface area contributed by atoms with Crippen LogP contribution in [0.5, 0.6) is 0 Å². The molecule has 2 aliphatic heterocycles. The Bertz CT molecular complexity index is 1190. The molecule has 2 aliphatic rings. The Morgan fingerprint density at radius 3 is 1.28 bits per heavy atom. The van der Waals surface area contributed by atoms with Gasteiger partial charge >= 0.3 is 11.9 Å².